The smallest absolute Gasteiger partial charge is 0.268 e. The Morgan fingerprint density at radius 1 is 1.00 bits per heavy atom. The van der Waals surface area contributed by atoms with E-state index in [2.05, 4.69) is 9.97 Å². The fourth-order valence-electron chi connectivity index (χ4n) is 2.64. The molecule has 0 radical (unpaired) electrons. The van der Waals surface area contributed by atoms with Crippen LogP contribution in [0.3, 0.4) is 0 Å². The van der Waals surface area contributed by atoms with E-state index in [0.29, 0.717) is 10.2 Å². The van der Waals surface area contributed by atoms with E-state index in [1.165, 1.54) is 17.7 Å². The molecule has 2 heterocycles. The number of fused-ring (bicyclic) bond motifs is 1. The minimum Gasteiger partial charge on any atom is -0.508 e. The molecule has 0 amide bonds. The van der Waals surface area contributed by atoms with Crippen molar-refractivity contribution in [2.45, 2.75) is 0 Å². The molecule has 0 aliphatic carbocycles. The molecule has 0 saturated carbocycles. The van der Waals surface area contributed by atoms with Crippen LogP contribution in [0, 0.1) is 0 Å². The Bertz CT molecular complexity index is 1050. The van der Waals surface area contributed by atoms with E-state index in [4.69, 9.17) is 0 Å². The lowest BCUT2D eigenvalue weighted by Crippen LogP contribution is -2.03. The third kappa shape index (κ3) is 2.31. The minimum absolute atomic E-state index is 0.149. The Labute approximate surface area is 135 Å². The number of H-pyrrole nitrogens is 1. The second kappa shape index (κ2) is 5.37. The topological polar surface area (TPSA) is 66.0 Å². The molecule has 112 valence electrons. The summed E-state index contributed by atoms with van der Waals surface area (Å²) in [7, 11) is 0. The summed E-state index contributed by atoms with van der Waals surface area (Å²) < 4.78 is 0.588. The first-order chi connectivity index (χ1) is 11.2. The maximum atomic E-state index is 12.1. The number of aromatic hydroxyl groups is 1. The molecule has 0 bridgehead atoms. The van der Waals surface area contributed by atoms with Gasteiger partial charge in [0.2, 0.25) is 0 Å². The molecule has 2 N–H and O–H groups in total. The molecule has 23 heavy (non-hydrogen) atoms. The van der Waals surface area contributed by atoms with Gasteiger partial charge < -0.3 is 10.1 Å². The van der Waals surface area contributed by atoms with E-state index in [0.717, 1.165) is 21.6 Å². The van der Waals surface area contributed by atoms with Gasteiger partial charge in [-0.15, -0.1) is 11.3 Å². The number of hydrogen-bond donors (Lipinski definition) is 2. The van der Waals surface area contributed by atoms with Gasteiger partial charge in [0.05, 0.1) is 11.8 Å². The van der Waals surface area contributed by atoms with E-state index in [9.17, 15) is 9.90 Å². The largest absolute Gasteiger partial charge is 0.508 e. The monoisotopic (exact) mass is 320 g/mol. The van der Waals surface area contributed by atoms with Crippen molar-refractivity contribution in [3.05, 3.63) is 71.3 Å². The third-order valence-electron chi connectivity index (χ3n) is 3.65. The van der Waals surface area contributed by atoms with Crippen LogP contribution in [-0.2, 0) is 0 Å². The molecule has 0 aliphatic heterocycles. The van der Waals surface area contributed by atoms with Gasteiger partial charge >= 0.3 is 0 Å². The lowest BCUT2D eigenvalue weighted by Gasteiger charge is -2.05. The van der Waals surface area contributed by atoms with Gasteiger partial charge in [-0.05, 0) is 23.3 Å². The first-order valence-electron chi connectivity index (χ1n) is 7.09. The second-order valence-electron chi connectivity index (χ2n) is 5.13. The van der Waals surface area contributed by atoms with E-state index in [1.54, 1.807) is 18.2 Å². The molecular weight excluding hydrogens is 308 g/mol. The average Bonchev–Trinajstić information content (AvgIpc) is 2.97. The number of hydrogen-bond acceptors (Lipinski definition) is 4. The summed E-state index contributed by atoms with van der Waals surface area (Å²) in [6.45, 7) is 0. The van der Waals surface area contributed by atoms with Gasteiger partial charge in [0.15, 0.2) is 0 Å². The zero-order valence-electron chi connectivity index (χ0n) is 12.0. The number of nitrogens with zero attached hydrogens (tertiary/aromatic N) is 1. The molecule has 0 spiro atoms. The predicted octanol–water partition coefficient (Wildman–Crippen LogP) is 4.02. The van der Waals surface area contributed by atoms with Crippen LogP contribution >= 0.6 is 11.3 Å². The Kier molecular flexibility index (Phi) is 3.20. The van der Waals surface area contributed by atoms with Gasteiger partial charge in [-0.1, -0.05) is 42.5 Å². The van der Waals surface area contributed by atoms with Crippen LogP contribution in [0.4, 0.5) is 0 Å². The van der Waals surface area contributed by atoms with Crippen LogP contribution in [0.1, 0.15) is 0 Å². The number of aromatic nitrogens is 2. The Morgan fingerprint density at radius 3 is 2.57 bits per heavy atom. The normalized spacial score (nSPS) is 11.0. The van der Waals surface area contributed by atoms with Gasteiger partial charge in [0, 0.05) is 10.4 Å². The van der Waals surface area contributed by atoms with Crippen molar-refractivity contribution >= 4 is 21.6 Å². The third-order valence-corrected chi connectivity index (χ3v) is 4.88. The van der Waals surface area contributed by atoms with Crippen molar-refractivity contribution in [2.75, 3.05) is 0 Å². The zero-order chi connectivity index (χ0) is 15.8. The number of nitrogens with one attached hydrogen (secondary N) is 1. The minimum atomic E-state index is -0.149. The fourth-order valence-corrected chi connectivity index (χ4v) is 3.82. The van der Waals surface area contributed by atoms with E-state index in [1.807, 2.05) is 36.4 Å². The van der Waals surface area contributed by atoms with Gasteiger partial charge in [-0.2, -0.15) is 0 Å². The number of phenolic OH excluding ortho intramolecular Hbond substituents is 1. The highest BCUT2D eigenvalue weighted by molar-refractivity contribution is 7.22. The average molecular weight is 320 g/mol. The predicted molar refractivity (Wildman–Crippen MR) is 92.8 cm³/mol. The fraction of sp³-hybridized carbons (Fsp3) is 0. The molecule has 2 aromatic carbocycles. The summed E-state index contributed by atoms with van der Waals surface area (Å²) in [6, 6.07) is 16.9. The molecule has 4 nitrogen and oxygen atoms in total. The molecular formula is C18H12N2O2S. The standard InChI is InChI=1S/C18H12N2O2S/c21-13-8-4-7-12(9-13)14-15-17(18(22)20-10-19-15)23-16(14)11-5-2-1-3-6-11/h1-10,21H,(H,19,20,22). The SMILES string of the molecule is O=c1[nH]cnc2c(-c3cccc(O)c3)c(-c3ccccc3)sc12. The maximum absolute atomic E-state index is 12.1. The summed E-state index contributed by atoms with van der Waals surface area (Å²) >= 11 is 1.42. The highest BCUT2D eigenvalue weighted by Crippen LogP contribution is 2.43. The first-order valence-corrected chi connectivity index (χ1v) is 7.91. The van der Waals surface area contributed by atoms with Crippen molar-refractivity contribution in [3.8, 4) is 27.3 Å². The number of aromatic amines is 1. The lowest BCUT2D eigenvalue weighted by atomic mass is 10.0. The molecule has 4 aromatic rings. The second-order valence-corrected chi connectivity index (χ2v) is 6.15. The van der Waals surface area contributed by atoms with Crippen molar-refractivity contribution in [1.82, 2.24) is 9.97 Å². The zero-order valence-corrected chi connectivity index (χ0v) is 12.8. The van der Waals surface area contributed by atoms with Gasteiger partial charge in [0.25, 0.3) is 5.56 Å². The van der Waals surface area contributed by atoms with E-state index < -0.39 is 0 Å². The number of rotatable bonds is 2. The molecule has 0 saturated heterocycles. The van der Waals surface area contributed by atoms with Crippen LogP contribution in [-0.4, -0.2) is 15.1 Å². The van der Waals surface area contributed by atoms with Crippen molar-refractivity contribution < 1.29 is 5.11 Å². The van der Waals surface area contributed by atoms with Crippen molar-refractivity contribution in [2.24, 2.45) is 0 Å². The Hall–Kier alpha value is -2.92. The molecule has 0 unspecified atom stereocenters. The molecule has 2 aromatic heterocycles. The summed E-state index contributed by atoms with van der Waals surface area (Å²) in [4.78, 5) is 20.1. The Morgan fingerprint density at radius 2 is 1.78 bits per heavy atom. The van der Waals surface area contributed by atoms with Crippen LogP contribution in [0.15, 0.2) is 65.7 Å². The van der Waals surface area contributed by atoms with Crippen LogP contribution in [0.2, 0.25) is 0 Å². The summed E-state index contributed by atoms with van der Waals surface area (Å²) in [5.41, 5.74) is 3.24. The van der Waals surface area contributed by atoms with Crippen LogP contribution in [0.5, 0.6) is 5.75 Å². The van der Waals surface area contributed by atoms with Crippen molar-refractivity contribution in [3.63, 3.8) is 0 Å². The first kappa shape index (κ1) is 13.7. The van der Waals surface area contributed by atoms with E-state index >= 15 is 0 Å². The summed E-state index contributed by atoms with van der Waals surface area (Å²) in [5.74, 6) is 0.186. The quantitative estimate of drug-likeness (QED) is 0.586. The molecule has 0 aliphatic rings. The number of benzene rings is 2. The van der Waals surface area contributed by atoms with Gasteiger partial charge in [0.1, 0.15) is 10.4 Å². The van der Waals surface area contributed by atoms with E-state index in [-0.39, 0.29) is 11.3 Å². The van der Waals surface area contributed by atoms with Gasteiger partial charge in [-0.3, -0.25) is 4.79 Å². The molecule has 0 atom stereocenters. The highest BCUT2D eigenvalue weighted by atomic mass is 32.1. The van der Waals surface area contributed by atoms with Crippen molar-refractivity contribution in [1.29, 1.82) is 0 Å². The number of phenols is 1. The van der Waals surface area contributed by atoms with Crippen LogP contribution in [0.25, 0.3) is 31.8 Å². The van der Waals surface area contributed by atoms with Gasteiger partial charge in [-0.25, -0.2) is 4.98 Å². The van der Waals surface area contributed by atoms with Crippen LogP contribution < -0.4 is 5.56 Å². The summed E-state index contributed by atoms with van der Waals surface area (Å²) in [5, 5.41) is 9.82. The lowest BCUT2D eigenvalue weighted by molar-refractivity contribution is 0.475. The maximum Gasteiger partial charge on any atom is 0.268 e. The molecule has 0 fully saturated rings. The highest BCUT2D eigenvalue weighted by Gasteiger charge is 2.18. The summed E-state index contributed by atoms with van der Waals surface area (Å²) in [6.07, 6.45) is 1.42. The molecule has 4 rings (SSSR count). The number of thiophene rings is 1. The molecule has 5 heteroatoms. The Balaban J connectivity index is 2.12.